The van der Waals surface area contributed by atoms with Crippen molar-refractivity contribution in [3.8, 4) is 11.4 Å². The minimum atomic E-state index is -0.662. The van der Waals surface area contributed by atoms with Crippen LogP contribution in [-0.2, 0) is 0 Å². The molecule has 1 heterocycles. The summed E-state index contributed by atoms with van der Waals surface area (Å²) in [4.78, 5) is 12.2. The van der Waals surface area contributed by atoms with E-state index < -0.39 is 11.7 Å². The molecule has 1 aliphatic rings. The predicted molar refractivity (Wildman–Crippen MR) is 90.9 cm³/mol. The fourth-order valence-electron chi connectivity index (χ4n) is 2.56. The molecule has 25 heavy (non-hydrogen) atoms. The van der Waals surface area contributed by atoms with Crippen molar-refractivity contribution in [3.05, 3.63) is 58.9 Å². The molecule has 1 aliphatic carbocycles. The Balaban J connectivity index is 1.54. The standard InChI is InChI=1S/C17H13ClFN5O/c18-13-2-1-3-14(19)15(13)17(25)20-11-6-4-10(5-7-11)16-21-22-23-24(16)12-8-9-12/h1-7,12H,8-9H2,(H,20,25). The summed E-state index contributed by atoms with van der Waals surface area (Å²) in [5.41, 5.74) is 1.20. The van der Waals surface area contributed by atoms with E-state index in [9.17, 15) is 9.18 Å². The molecule has 1 aromatic heterocycles. The van der Waals surface area contributed by atoms with Crippen molar-refractivity contribution in [1.29, 1.82) is 0 Å². The fourth-order valence-corrected chi connectivity index (χ4v) is 2.81. The Labute approximate surface area is 147 Å². The molecular weight excluding hydrogens is 345 g/mol. The molecule has 8 heteroatoms. The Kier molecular flexibility index (Phi) is 3.93. The van der Waals surface area contributed by atoms with E-state index in [0.29, 0.717) is 17.6 Å². The van der Waals surface area contributed by atoms with E-state index in [4.69, 9.17) is 11.6 Å². The van der Waals surface area contributed by atoms with Crippen molar-refractivity contribution in [2.75, 3.05) is 5.32 Å². The lowest BCUT2D eigenvalue weighted by Gasteiger charge is -2.08. The number of nitrogens with one attached hydrogen (secondary N) is 1. The highest BCUT2D eigenvalue weighted by Crippen LogP contribution is 2.36. The van der Waals surface area contributed by atoms with Crippen LogP contribution in [0.4, 0.5) is 10.1 Å². The predicted octanol–water partition coefficient (Wildman–Crippen LogP) is 3.72. The lowest BCUT2D eigenvalue weighted by molar-refractivity contribution is 0.102. The Bertz CT molecular complexity index is 916. The normalized spacial score (nSPS) is 13.7. The summed E-state index contributed by atoms with van der Waals surface area (Å²) in [5, 5.41) is 14.5. The molecular formula is C17H13ClFN5O. The first kappa shape index (κ1) is 15.7. The minimum Gasteiger partial charge on any atom is -0.322 e. The van der Waals surface area contributed by atoms with Gasteiger partial charge in [-0.05, 0) is 59.7 Å². The summed E-state index contributed by atoms with van der Waals surface area (Å²) < 4.78 is 15.6. The number of carbonyl (C=O) groups is 1. The van der Waals surface area contributed by atoms with Gasteiger partial charge in [0.1, 0.15) is 5.82 Å². The SMILES string of the molecule is O=C(Nc1ccc(-c2nnnn2C2CC2)cc1)c1c(F)cccc1Cl. The molecule has 4 rings (SSSR count). The lowest BCUT2D eigenvalue weighted by Crippen LogP contribution is -2.14. The summed E-state index contributed by atoms with van der Waals surface area (Å²) in [6, 6.07) is 11.5. The summed E-state index contributed by atoms with van der Waals surface area (Å²) >= 11 is 5.91. The van der Waals surface area contributed by atoms with Crippen molar-refractivity contribution >= 4 is 23.2 Å². The number of rotatable bonds is 4. The summed E-state index contributed by atoms with van der Waals surface area (Å²) in [6.45, 7) is 0. The highest BCUT2D eigenvalue weighted by Gasteiger charge is 2.28. The van der Waals surface area contributed by atoms with Crippen LogP contribution < -0.4 is 5.32 Å². The molecule has 0 spiro atoms. The maximum Gasteiger partial charge on any atom is 0.260 e. The Hall–Kier alpha value is -2.80. The van der Waals surface area contributed by atoms with Gasteiger partial charge >= 0.3 is 0 Å². The number of aromatic nitrogens is 4. The molecule has 126 valence electrons. The van der Waals surface area contributed by atoms with E-state index >= 15 is 0 Å². The van der Waals surface area contributed by atoms with Crippen LogP contribution >= 0.6 is 11.6 Å². The van der Waals surface area contributed by atoms with E-state index in [-0.39, 0.29) is 10.6 Å². The van der Waals surface area contributed by atoms with Gasteiger partial charge in [0.25, 0.3) is 5.91 Å². The van der Waals surface area contributed by atoms with Crippen molar-refractivity contribution in [2.45, 2.75) is 18.9 Å². The Morgan fingerprint density at radius 2 is 1.96 bits per heavy atom. The number of anilines is 1. The maximum atomic E-state index is 13.8. The molecule has 0 unspecified atom stereocenters. The van der Waals surface area contributed by atoms with Gasteiger partial charge in [-0.25, -0.2) is 9.07 Å². The molecule has 1 saturated carbocycles. The molecule has 1 fully saturated rings. The van der Waals surface area contributed by atoms with Crippen molar-refractivity contribution in [1.82, 2.24) is 20.2 Å². The van der Waals surface area contributed by atoms with Crippen LogP contribution in [0.3, 0.4) is 0 Å². The molecule has 0 radical (unpaired) electrons. The number of halogens is 2. The molecule has 1 amide bonds. The summed E-state index contributed by atoms with van der Waals surface area (Å²) in [7, 11) is 0. The average Bonchev–Trinajstić information content (AvgIpc) is 3.32. The van der Waals surface area contributed by atoms with E-state index in [2.05, 4.69) is 20.8 Å². The van der Waals surface area contributed by atoms with Crippen LogP contribution in [0.5, 0.6) is 0 Å². The molecule has 0 bridgehead atoms. The monoisotopic (exact) mass is 357 g/mol. The highest BCUT2D eigenvalue weighted by atomic mass is 35.5. The zero-order chi connectivity index (χ0) is 17.4. The highest BCUT2D eigenvalue weighted by molar-refractivity contribution is 6.34. The largest absolute Gasteiger partial charge is 0.322 e. The van der Waals surface area contributed by atoms with E-state index in [0.717, 1.165) is 18.4 Å². The molecule has 0 aliphatic heterocycles. The number of benzene rings is 2. The molecule has 0 saturated heterocycles. The molecule has 1 N–H and O–H groups in total. The zero-order valence-corrected chi connectivity index (χ0v) is 13.7. The maximum absolute atomic E-state index is 13.8. The summed E-state index contributed by atoms with van der Waals surface area (Å²) in [5.74, 6) is -0.568. The molecule has 0 atom stereocenters. The second kappa shape index (κ2) is 6.25. The lowest BCUT2D eigenvalue weighted by atomic mass is 10.1. The zero-order valence-electron chi connectivity index (χ0n) is 13.0. The smallest absolute Gasteiger partial charge is 0.260 e. The third kappa shape index (κ3) is 3.10. The first-order chi connectivity index (χ1) is 12.1. The van der Waals surface area contributed by atoms with Gasteiger partial charge in [-0.1, -0.05) is 17.7 Å². The average molecular weight is 358 g/mol. The third-order valence-electron chi connectivity index (χ3n) is 3.98. The number of amides is 1. The van der Waals surface area contributed by atoms with Crippen LogP contribution in [0.15, 0.2) is 42.5 Å². The third-order valence-corrected chi connectivity index (χ3v) is 4.29. The minimum absolute atomic E-state index is 0.0673. The number of nitrogens with zero attached hydrogens (tertiary/aromatic N) is 4. The van der Waals surface area contributed by atoms with Gasteiger partial charge in [0.15, 0.2) is 5.82 Å². The van der Waals surface area contributed by atoms with Gasteiger partial charge in [-0.3, -0.25) is 4.79 Å². The number of hydrogen-bond acceptors (Lipinski definition) is 4. The molecule has 6 nitrogen and oxygen atoms in total. The van der Waals surface area contributed by atoms with Crippen LogP contribution in [-0.4, -0.2) is 26.1 Å². The van der Waals surface area contributed by atoms with Crippen LogP contribution in [0.1, 0.15) is 29.2 Å². The van der Waals surface area contributed by atoms with Crippen molar-refractivity contribution in [3.63, 3.8) is 0 Å². The van der Waals surface area contributed by atoms with Gasteiger partial charge in [0, 0.05) is 11.3 Å². The van der Waals surface area contributed by atoms with Crippen LogP contribution in [0, 0.1) is 5.82 Å². The number of tetrazole rings is 1. The second-order valence-electron chi connectivity index (χ2n) is 5.81. The van der Waals surface area contributed by atoms with Gasteiger partial charge in [0.2, 0.25) is 0 Å². The molecule has 2 aromatic carbocycles. The fraction of sp³-hybridized carbons (Fsp3) is 0.176. The first-order valence-electron chi connectivity index (χ1n) is 7.77. The van der Waals surface area contributed by atoms with Crippen LogP contribution in [0.2, 0.25) is 5.02 Å². The van der Waals surface area contributed by atoms with Crippen LogP contribution in [0.25, 0.3) is 11.4 Å². The van der Waals surface area contributed by atoms with Gasteiger partial charge in [-0.2, -0.15) is 0 Å². The second-order valence-corrected chi connectivity index (χ2v) is 6.21. The number of carbonyl (C=O) groups excluding carboxylic acids is 1. The van der Waals surface area contributed by atoms with E-state index in [1.807, 2.05) is 16.8 Å². The topological polar surface area (TPSA) is 72.7 Å². The summed E-state index contributed by atoms with van der Waals surface area (Å²) in [6.07, 6.45) is 2.16. The molecule has 3 aromatic rings. The Morgan fingerprint density at radius 1 is 1.20 bits per heavy atom. The van der Waals surface area contributed by atoms with Crippen molar-refractivity contribution in [2.24, 2.45) is 0 Å². The Morgan fingerprint density at radius 3 is 2.64 bits per heavy atom. The van der Waals surface area contributed by atoms with Gasteiger partial charge in [-0.15, -0.1) is 5.10 Å². The quantitative estimate of drug-likeness (QED) is 0.772. The first-order valence-corrected chi connectivity index (χ1v) is 8.15. The van der Waals surface area contributed by atoms with E-state index in [1.54, 1.807) is 12.1 Å². The van der Waals surface area contributed by atoms with Crippen molar-refractivity contribution < 1.29 is 9.18 Å². The van der Waals surface area contributed by atoms with E-state index in [1.165, 1.54) is 18.2 Å². The van der Waals surface area contributed by atoms with Gasteiger partial charge in [0.05, 0.1) is 16.6 Å². The number of hydrogen-bond donors (Lipinski definition) is 1. The van der Waals surface area contributed by atoms with Gasteiger partial charge < -0.3 is 5.32 Å².